The van der Waals surface area contributed by atoms with Crippen LogP contribution in [-0.2, 0) is 22.6 Å². The van der Waals surface area contributed by atoms with Gasteiger partial charge in [-0.2, -0.15) is 0 Å². The molecule has 0 bridgehead atoms. The molecule has 2 aromatic rings. The summed E-state index contributed by atoms with van der Waals surface area (Å²) in [5, 5.41) is 4.10. The van der Waals surface area contributed by atoms with Crippen molar-refractivity contribution in [2.24, 2.45) is 0 Å². The number of carbonyl (C=O) groups is 2. The van der Waals surface area contributed by atoms with E-state index in [0.717, 1.165) is 36.8 Å². The molecule has 0 spiro atoms. The van der Waals surface area contributed by atoms with Crippen LogP contribution in [-0.4, -0.2) is 35.6 Å². The predicted molar refractivity (Wildman–Crippen MR) is 128 cm³/mol. The Morgan fingerprint density at radius 2 is 1.85 bits per heavy atom. The Balaban J connectivity index is 1.47. The fourth-order valence-electron chi connectivity index (χ4n) is 4.30. The summed E-state index contributed by atoms with van der Waals surface area (Å²) < 4.78 is 10.8. The minimum atomic E-state index is -0.624. The number of amides is 2. The van der Waals surface area contributed by atoms with E-state index in [-0.39, 0.29) is 37.6 Å². The highest BCUT2D eigenvalue weighted by molar-refractivity contribution is 6.35. The summed E-state index contributed by atoms with van der Waals surface area (Å²) in [5.74, 6) is 1.14. The van der Waals surface area contributed by atoms with Crippen LogP contribution in [0.2, 0.25) is 10.0 Å². The molecule has 1 heterocycles. The Morgan fingerprint density at radius 3 is 2.61 bits per heavy atom. The Kier molecular flexibility index (Phi) is 7.66. The van der Waals surface area contributed by atoms with Crippen molar-refractivity contribution in [1.82, 2.24) is 10.2 Å². The highest BCUT2D eigenvalue weighted by Gasteiger charge is 2.29. The number of benzene rings is 2. The molecule has 8 heteroatoms. The molecule has 2 aliphatic rings. The highest BCUT2D eigenvalue weighted by atomic mass is 35.5. The van der Waals surface area contributed by atoms with Gasteiger partial charge in [-0.1, -0.05) is 48.2 Å². The van der Waals surface area contributed by atoms with E-state index in [1.165, 1.54) is 0 Å². The van der Waals surface area contributed by atoms with Gasteiger partial charge < -0.3 is 19.7 Å². The molecule has 176 valence electrons. The Morgan fingerprint density at radius 1 is 1.09 bits per heavy atom. The molecular weight excluding hydrogens is 463 g/mol. The van der Waals surface area contributed by atoms with Crippen molar-refractivity contribution in [2.45, 2.75) is 64.1 Å². The number of aryl methyl sites for hydroxylation is 1. The second kappa shape index (κ2) is 10.7. The van der Waals surface area contributed by atoms with Crippen molar-refractivity contribution in [3.63, 3.8) is 0 Å². The molecule has 0 unspecified atom stereocenters. The summed E-state index contributed by atoms with van der Waals surface area (Å²) in [6.45, 7) is 2.21. The van der Waals surface area contributed by atoms with E-state index in [2.05, 4.69) is 5.32 Å². The average Bonchev–Trinajstić information content (AvgIpc) is 3.48. The SMILES string of the molecule is C[C@@H](C(=O)NC1CCCC1)N(Cc1ccc(Cl)cc1Cl)C(=O)CCc1ccc2c(c1)OCO2. The normalized spacial score (nSPS) is 16.0. The Bertz CT molecular complexity index is 1020. The van der Waals surface area contributed by atoms with Gasteiger partial charge in [0.05, 0.1) is 0 Å². The summed E-state index contributed by atoms with van der Waals surface area (Å²) in [7, 11) is 0. The van der Waals surface area contributed by atoms with Crippen LogP contribution in [0.1, 0.15) is 50.2 Å². The summed E-state index contributed by atoms with van der Waals surface area (Å²) >= 11 is 12.4. The van der Waals surface area contributed by atoms with Gasteiger partial charge in [0.25, 0.3) is 0 Å². The lowest BCUT2D eigenvalue weighted by atomic mass is 10.1. The molecule has 1 fully saturated rings. The van der Waals surface area contributed by atoms with Crippen LogP contribution in [0.5, 0.6) is 11.5 Å². The molecule has 1 N–H and O–H groups in total. The standard InChI is InChI=1S/C25H28Cl2N2O4/c1-16(25(31)28-20-4-2-3-5-20)29(14-18-8-9-19(26)13-21(18)27)24(30)11-7-17-6-10-22-23(12-17)33-15-32-22/h6,8-10,12-13,16,20H,2-5,7,11,14-15H2,1H3,(H,28,31)/t16-/m0/s1. The van der Waals surface area contributed by atoms with Gasteiger partial charge in [0.15, 0.2) is 11.5 Å². The average molecular weight is 491 g/mol. The number of nitrogens with zero attached hydrogens (tertiary/aromatic N) is 1. The van der Waals surface area contributed by atoms with Crippen molar-refractivity contribution < 1.29 is 19.1 Å². The highest BCUT2D eigenvalue weighted by Crippen LogP contribution is 2.33. The maximum atomic E-state index is 13.3. The molecule has 0 radical (unpaired) electrons. The van der Waals surface area contributed by atoms with Crippen LogP contribution < -0.4 is 14.8 Å². The first-order chi connectivity index (χ1) is 15.9. The molecular formula is C25H28Cl2N2O4. The summed E-state index contributed by atoms with van der Waals surface area (Å²) in [6.07, 6.45) is 5.00. The van der Waals surface area contributed by atoms with Gasteiger partial charge in [-0.25, -0.2) is 0 Å². The lowest BCUT2D eigenvalue weighted by molar-refractivity contribution is -0.140. The molecule has 1 saturated carbocycles. The molecule has 33 heavy (non-hydrogen) atoms. The second-order valence-corrected chi connectivity index (χ2v) is 9.45. The maximum Gasteiger partial charge on any atom is 0.242 e. The first kappa shape index (κ1) is 23.7. The van der Waals surface area contributed by atoms with Gasteiger partial charge in [0, 0.05) is 29.1 Å². The minimum Gasteiger partial charge on any atom is -0.454 e. The third kappa shape index (κ3) is 5.92. The molecule has 4 rings (SSSR count). The van der Waals surface area contributed by atoms with Crippen LogP contribution in [0.25, 0.3) is 0 Å². The van der Waals surface area contributed by atoms with Crippen molar-refractivity contribution in [1.29, 1.82) is 0 Å². The number of hydrogen-bond acceptors (Lipinski definition) is 4. The van der Waals surface area contributed by atoms with Gasteiger partial charge in [0.2, 0.25) is 18.6 Å². The topological polar surface area (TPSA) is 67.9 Å². The van der Waals surface area contributed by atoms with Gasteiger partial charge in [-0.15, -0.1) is 0 Å². The number of rotatable bonds is 8. The second-order valence-electron chi connectivity index (χ2n) is 8.61. The monoisotopic (exact) mass is 490 g/mol. The van der Waals surface area contributed by atoms with Crippen molar-refractivity contribution in [3.05, 3.63) is 57.6 Å². The zero-order valence-electron chi connectivity index (χ0n) is 18.6. The van der Waals surface area contributed by atoms with E-state index in [4.69, 9.17) is 32.7 Å². The van der Waals surface area contributed by atoms with Gasteiger partial charge in [-0.05, 0) is 61.6 Å². The van der Waals surface area contributed by atoms with Crippen molar-refractivity contribution >= 4 is 35.0 Å². The van der Waals surface area contributed by atoms with E-state index in [1.807, 2.05) is 18.2 Å². The number of fused-ring (bicyclic) bond motifs is 1. The molecule has 1 atom stereocenters. The van der Waals surface area contributed by atoms with Crippen LogP contribution in [0.15, 0.2) is 36.4 Å². The van der Waals surface area contributed by atoms with E-state index in [1.54, 1.807) is 30.0 Å². The molecule has 2 amide bonds. The van der Waals surface area contributed by atoms with Crippen LogP contribution in [0.4, 0.5) is 0 Å². The van der Waals surface area contributed by atoms with Crippen molar-refractivity contribution in [2.75, 3.05) is 6.79 Å². The molecule has 1 aliphatic heterocycles. The zero-order chi connectivity index (χ0) is 23.4. The summed E-state index contributed by atoms with van der Waals surface area (Å²) in [4.78, 5) is 27.9. The molecule has 6 nitrogen and oxygen atoms in total. The van der Waals surface area contributed by atoms with Crippen LogP contribution >= 0.6 is 23.2 Å². The molecule has 0 aromatic heterocycles. The first-order valence-electron chi connectivity index (χ1n) is 11.3. The number of carbonyl (C=O) groups excluding carboxylic acids is 2. The Hall–Kier alpha value is -2.44. The largest absolute Gasteiger partial charge is 0.454 e. The molecule has 1 aliphatic carbocycles. The van der Waals surface area contributed by atoms with E-state index >= 15 is 0 Å². The van der Waals surface area contributed by atoms with E-state index in [9.17, 15) is 9.59 Å². The number of nitrogens with one attached hydrogen (secondary N) is 1. The minimum absolute atomic E-state index is 0.118. The van der Waals surface area contributed by atoms with Crippen molar-refractivity contribution in [3.8, 4) is 11.5 Å². The third-order valence-corrected chi connectivity index (χ3v) is 6.88. The number of halogens is 2. The van der Waals surface area contributed by atoms with Crippen LogP contribution in [0, 0.1) is 0 Å². The van der Waals surface area contributed by atoms with E-state index < -0.39 is 6.04 Å². The quantitative estimate of drug-likeness (QED) is 0.556. The van der Waals surface area contributed by atoms with Gasteiger partial charge >= 0.3 is 0 Å². The maximum absolute atomic E-state index is 13.3. The van der Waals surface area contributed by atoms with E-state index in [0.29, 0.717) is 28.0 Å². The summed E-state index contributed by atoms with van der Waals surface area (Å²) in [5.41, 5.74) is 1.72. The first-order valence-corrected chi connectivity index (χ1v) is 12.1. The molecule has 2 aromatic carbocycles. The number of ether oxygens (including phenoxy) is 2. The number of hydrogen-bond donors (Lipinski definition) is 1. The van der Waals surface area contributed by atoms with Gasteiger partial charge in [-0.3, -0.25) is 9.59 Å². The fraction of sp³-hybridized carbons (Fsp3) is 0.440. The van der Waals surface area contributed by atoms with Crippen LogP contribution in [0.3, 0.4) is 0 Å². The smallest absolute Gasteiger partial charge is 0.242 e. The molecule has 0 saturated heterocycles. The summed E-state index contributed by atoms with van der Waals surface area (Å²) in [6, 6.07) is 10.4. The third-order valence-electron chi connectivity index (χ3n) is 6.29. The fourth-order valence-corrected chi connectivity index (χ4v) is 4.77. The zero-order valence-corrected chi connectivity index (χ0v) is 20.1. The lowest BCUT2D eigenvalue weighted by Crippen LogP contribution is -2.49. The predicted octanol–water partition coefficient (Wildman–Crippen LogP) is 5.13. The Labute approximate surface area is 204 Å². The van der Waals surface area contributed by atoms with Gasteiger partial charge in [0.1, 0.15) is 6.04 Å². The lowest BCUT2D eigenvalue weighted by Gasteiger charge is -2.30.